The second-order valence-electron chi connectivity index (χ2n) is 5.73. The Bertz CT molecular complexity index is 589. The van der Waals surface area contributed by atoms with E-state index in [2.05, 4.69) is 0 Å². The first-order valence-electron chi connectivity index (χ1n) is 7.76. The van der Waals surface area contributed by atoms with E-state index < -0.39 is 45.9 Å². The Morgan fingerprint density at radius 2 is 1.22 bits per heavy atom. The SMILES string of the molecule is CCC(CN(C)S(=O)(=O)C(F)(F)C(F)(F)C(F)(F)C(F)(F)F)N(CC)CC. The fraction of sp³-hybridized carbons (Fsp3) is 1.00. The average Bonchev–Trinajstić information content (AvgIpc) is 2.52. The lowest BCUT2D eigenvalue weighted by Crippen LogP contribution is -2.65. The van der Waals surface area contributed by atoms with Gasteiger partial charge in [-0.1, -0.05) is 20.8 Å². The van der Waals surface area contributed by atoms with E-state index in [1.807, 2.05) is 0 Å². The summed E-state index contributed by atoms with van der Waals surface area (Å²) in [6.45, 7) is 4.70. The standard InChI is InChI=1S/C13H21F9N2O2S/c1-5-9(24(6-2)7-3)8-23(4)27(25,26)13(21,22)11(16,17)10(14,15)12(18,19)20/h9H,5-8H2,1-4H3. The van der Waals surface area contributed by atoms with Crippen molar-refractivity contribution in [1.29, 1.82) is 0 Å². The Morgan fingerprint density at radius 1 is 0.815 bits per heavy atom. The summed E-state index contributed by atoms with van der Waals surface area (Å²) < 4.78 is 140. The lowest BCUT2D eigenvalue weighted by molar-refractivity contribution is -0.382. The van der Waals surface area contributed by atoms with E-state index in [0.29, 0.717) is 20.1 Å². The van der Waals surface area contributed by atoms with E-state index in [1.54, 1.807) is 18.7 Å². The Kier molecular flexibility index (Phi) is 8.08. The number of rotatable bonds is 10. The zero-order chi connectivity index (χ0) is 22.1. The molecular formula is C13H21F9N2O2S. The number of hydrogen-bond donors (Lipinski definition) is 0. The van der Waals surface area contributed by atoms with E-state index in [-0.39, 0.29) is 10.7 Å². The first-order valence-corrected chi connectivity index (χ1v) is 9.20. The maximum Gasteiger partial charge on any atom is 0.460 e. The van der Waals surface area contributed by atoms with Gasteiger partial charge in [0, 0.05) is 19.6 Å². The molecule has 0 aliphatic heterocycles. The molecule has 0 aromatic carbocycles. The van der Waals surface area contributed by atoms with E-state index in [4.69, 9.17) is 0 Å². The lowest BCUT2D eigenvalue weighted by atomic mass is 10.1. The van der Waals surface area contributed by atoms with E-state index in [9.17, 15) is 47.9 Å². The lowest BCUT2D eigenvalue weighted by Gasteiger charge is -2.36. The summed E-state index contributed by atoms with van der Waals surface area (Å²) in [4.78, 5) is 1.59. The Balaban J connectivity index is 5.97. The van der Waals surface area contributed by atoms with Crippen LogP contribution in [-0.4, -0.2) is 73.6 Å². The molecule has 27 heavy (non-hydrogen) atoms. The molecule has 0 rings (SSSR count). The third kappa shape index (κ3) is 4.47. The fourth-order valence-corrected chi connectivity index (χ4v) is 3.57. The molecule has 0 spiro atoms. The van der Waals surface area contributed by atoms with Crippen molar-refractivity contribution >= 4 is 10.0 Å². The van der Waals surface area contributed by atoms with Crippen LogP contribution in [0.3, 0.4) is 0 Å². The highest BCUT2D eigenvalue weighted by atomic mass is 32.2. The monoisotopic (exact) mass is 440 g/mol. The van der Waals surface area contributed by atoms with Crippen LogP contribution in [0.25, 0.3) is 0 Å². The molecule has 0 aliphatic rings. The molecule has 1 unspecified atom stereocenters. The summed E-state index contributed by atoms with van der Waals surface area (Å²) in [5.74, 6) is -14.5. The van der Waals surface area contributed by atoms with Gasteiger partial charge in [-0.05, 0) is 19.5 Å². The first kappa shape index (κ1) is 26.2. The molecular weight excluding hydrogens is 419 g/mol. The highest BCUT2D eigenvalue weighted by molar-refractivity contribution is 7.90. The van der Waals surface area contributed by atoms with Gasteiger partial charge in [-0.2, -0.15) is 43.8 Å². The van der Waals surface area contributed by atoms with Crippen LogP contribution in [-0.2, 0) is 10.0 Å². The molecule has 1 atom stereocenters. The molecule has 14 heteroatoms. The largest absolute Gasteiger partial charge is 0.460 e. The van der Waals surface area contributed by atoms with Crippen molar-refractivity contribution in [3.05, 3.63) is 0 Å². The van der Waals surface area contributed by atoms with Gasteiger partial charge in [-0.15, -0.1) is 0 Å². The van der Waals surface area contributed by atoms with Crippen LogP contribution >= 0.6 is 0 Å². The summed E-state index contributed by atoms with van der Waals surface area (Å²) in [5, 5.41) is -6.70. The predicted molar refractivity (Wildman–Crippen MR) is 79.4 cm³/mol. The van der Waals surface area contributed by atoms with Crippen molar-refractivity contribution in [2.75, 3.05) is 26.7 Å². The van der Waals surface area contributed by atoms with Crippen LogP contribution in [0, 0.1) is 0 Å². The molecule has 0 N–H and O–H groups in total. The first-order chi connectivity index (χ1) is 11.9. The van der Waals surface area contributed by atoms with Gasteiger partial charge in [0.15, 0.2) is 0 Å². The molecule has 0 saturated carbocycles. The van der Waals surface area contributed by atoms with Crippen LogP contribution in [0.1, 0.15) is 27.2 Å². The molecule has 4 nitrogen and oxygen atoms in total. The van der Waals surface area contributed by atoms with Crippen molar-refractivity contribution in [3.63, 3.8) is 0 Å². The minimum atomic E-state index is -7.26. The van der Waals surface area contributed by atoms with E-state index in [1.165, 1.54) is 6.92 Å². The van der Waals surface area contributed by atoms with Crippen molar-refractivity contribution in [3.8, 4) is 0 Å². The Labute approximate surface area is 151 Å². The molecule has 164 valence electrons. The maximum atomic E-state index is 13.8. The molecule has 0 aliphatic carbocycles. The average molecular weight is 440 g/mol. The van der Waals surface area contributed by atoms with Gasteiger partial charge < -0.3 is 0 Å². The topological polar surface area (TPSA) is 40.6 Å². The Morgan fingerprint density at radius 3 is 1.52 bits per heavy atom. The molecule has 0 aromatic heterocycles. The molecule has 0 saturated heterocycles. The van der Waals surface area contributed by atoms with Crippen molar-refractivity contribution < 1.29 is 47.9 Å². The van der Waals surface area contributed by atoms with Crippen molar-refractivity contribution in [2.24, 2.45) is 0 Å². The molecule has 0 radical (unpaired) electrons. The summed E-state index contributed by atoms with van der Waals surface area (Å²) >= 11 is 0. The van der Waals surface area contributed by atoms with Crippen LogP contribution in [0.4, 0.5) is 39.5 Å². The van der Waals surface area contributed by atoms with Gasteiger partial charge in [0.1, 0.15) is 0 Å². The molecule has 0 bridgehead atoms. The smallest absolute Gasteiger partial charge is 0.300 e. The minimum absolute atomic E-state index is 0.183. The van der Waals surface area contributed by atoms with Crippen LogP contribution in [0.2, 0.25) is 0 Å². The zero-order valence-electron chi connectivity index (χ0n) is 14.9. The fourth-order valence-electron chi connectivity index (χ4n) is 2.36. The number of halogens is 9. The highest BCUT2D eigenvalue weighted by Gasteiger charge is 2.85. The summed E-state index contributed by atoms with van der Waals surface area (Å²) in [5.41, 5.74) is 0. The van der Waals surface area contributed by atoms with Gasteiger partial charge in [-0.25, -0.2) is 8.42 Å². The normalized spacial score (nSPS) is 16.3. The van der Waals surface area contributed by atoms with Crippen LogP contribution in [0.15, 0.2) is 0 Å². The van der Waals surface area contributed by atoms with Gasteiger partial charge >= 0.3 is 23.3 Å². The third-order valence-electron chi connectivity index (χ3n) is 4.12. The minimum Gasteiger partial charge on any atom is -0.300 e. The van der Waals surface area contributed by atoms with Crippen LogP contribution < -0.4 is 0 Å². The van der Waals surface area contributed by atoms with Crippen molar-refractivity contribution in [1.82, 2.24) is 9.21 Å². The molecule has 0 fully saturated rings. The second kappa shape index (κ2) is 8.31. The van der Waals surface area contributed by atoms with Gasteiger partial charge in [0.2, 0.25) is 0 Å². The third-order valence-corrected chi connectivity index (χ3v) is 5.99. The highest BCUT2D eigenvalue weighted by Crippen LogP contribution is 2.55. The summed E-state index contributed by atoms with van der Waals surface area (Å²) in [6.07, 6.45) is -6.90. The second-order valence-corrected chi connectivity index (χ2v) is 7.82. The Hall–Kier alpha value is -0.760. The van der Waals surface area contributed by atoms with Gasteiger partial charge in [0.25, 0.3) is 10.0 Å². The molecule has 0 aromatic rings. The number of alkyl halides is 9. The summed E-state index contributed by atoms with van der Waals surface area (Å²) in [7, 11) is -6.14. The van der Waals surface area contributed by atoms with Gasteiger partial charge in [0.05, 0.1) is 0 Å². The van der Waals surface area contributed by atoms with Gasteiger partial charge in [-0.3, -0.25) is 4.90 Å². The van der Waals surface area contributed by atoms with Crippen LogP contribution in [0.5, 0.6) is 0 Å². The number of nitrogens with zero attached hydrogens (tertiary/aromatic N) is 2. The summed E-state index contributed by atoms with van der Waals surface area (Å²) in [6, 6.07) is -0.743. The quantitative estimate of drug-likeness (QED) is 0.486. The van der Waals surface area contributed by atoms with E-state index >= 15 is 0 Å². The number of hydrogen-bond acceptors (Lipinski definition) is 3. The molecule has 0 amide bonds. The maximum absolute atomic E-state index is 13.8. The predicted octanol–water partition coefficient (Wildman–Crippen LogP) is 3.79. The van der Waals surface area contributed by atoms with E-state index in [0.717, 1.165) is 0 Å². The number of sulfonamides is 1. The van der Waals surface area contributed by atoms with Crippen molar-refractivity contribution in [2.45, 2.75) is 56.5 Å². The number of likely N-dealkylation sites (N-methyl/N-ethyl adjacent to an activating group) is 2. The zero-order valence-corrected chi connectivity index (χ0v) is 15.7. The molecule has 0 heterocycles.